The van der Waals surface area contributed by atoms with E-state index in [1.54, 1.807) is 6.92 Å². The van der Waals surface area contributed by atoms with Crippen molar-refractivity contribution in [2.45, 2.75) is 19.8 Å². The Balaban J connectivity index is 1.98. The standard InChI is InChI=1S/C14H16ClFN2O3/c1-14(12(19)20)2-4-18(5-3-14)13(21)17-11-7-9(15)6-10(16)8-11/h6-8H,2-5H2,1H3,(H,17,21)(H,19,20). The third-order valence-corrected chi connectivity index (χ3v) is 4.00. The fourth-order valence-electron chi connectivity index (χ4n) is 2.25. The third kappa shape index (κ3) is 3.64. The second kappa shape index (κ2) is 5.89. The second-order valence-corrected chi connectivity index (χ2v) is 5.88. The summed E-state index contributed by atoms with van der Waals surface area (Å²) in [4.78, 5) is 24.7. The fourth-order valence-corrected chi connectivity index (χ4v) is 2.47. The molecule has 0 radical (unpaired) electrons. The first-order chi connectivity index (χ1) is 9.80. The lowest BCUT2D eigenvalue weighted by Crippen LogP contribution is -2.46. The molecule has 1 aromatic carbocycles. The van der Waals surface area contributed by atoms with Gasteiger partial charge in [-0.1, -0.05) is 11.6 Å². The first-order valence-corrected chi connectivity index (χ1v) is 6.93. The van der Waals surface area contributed by atoms with Crippen LogP contribution in [0.1, 0.15) is 19.8 Å². The smallest absolute Gasteiger partial charge is 0.321 e. The van der Waals surface area contributed by atoms with Gasteiger partial charge in [0.25, 0.3) is 0 Å². The molecule has 0 bridgehead atoms. The third-order valence-electron chi connectivity index (χ3n) is 3.78. The average Bonchev–Trinajstić information content (AvgIpc) is 2.37. The normalized spacial score (nSPS) is 17.4. The topological polar surface area (TPSA) is 69.6 Å². The summed E-state index contributed by atoms with van der Waals surface area (Å²) in [5, 5.41) is 11.9. The number of halogens is 2. The lowest BCUT2D eigenvalue weighted by atomic mass is 9.80. The molecule has 0 atom stereocenters. The van der Waals surface area contributed by atoms with Crippen LogP contribution in [0.4, 0.5) is 14.9 Å². The number of benzene rings is 1. The number of carbonyl (C=O) groups excluding carboxylic acids is 1. The number of hydrogen-bond donors (Lipinski definition) is 2. The number of nitrogens with one attached hydrogen (secondary N) is 1. The van der Waals surface area contributed by atoms with E-state index in [2.05, 4.69) is 5.32 Å². The fraction of sp³-hybridized carbons (Fsp3) is 0.429. The number of urea groups is 1. The van der Waals surface area contributed by atoms with Crippen LogP contribution in [0.15, 0.2) is 18.2 Å². The van der Waals surface area contributed by atoms with Crippen LogP contribution in [-0.2, 0) is 4.79 Å². The summed E-state index contributed by atoms with van der Waals surface area (Å²) in [6.45, 7) is 2.37. The Kier molecular flexibility index (Phi) is 4.37. The highest BCUT2D eigenvalue weighted by molar-refractivity contribution is 6.30. The van der Waals surface area contributed by atoms with Crippen molar-refractivity contribution >= 4 is 29.3 Å². The van der Waals surface area contributed by atoms with Gasteiger partial charge in [-0.05, 0) is 38.0 Å². The predicted molar refractivity (Wildman–Crippen MR) is 77.0 cm³/mol. The molecule has 1 aliphatic rings. The number of carbonyl (C=O) groups is 2. The maximum Gasteiger partial charge on any atom is 0.321 e. The van der Waals surface area contributed by atoms with Gasteiger partial charge in [0.1, 0.15) is 5.82 Å². The SMILES string of the molecule is CC1(C(=O)O)CCN(C(=O)Nc2cc(F)cc(Cl)c2)CC1. The van der Waals surface area contributed by atoms with E-state index in [1.165, 1.54) is 17.0 Å². The Hall–Kier alpha value is -1.82. The molecule has 2 rings (SSSR count). The summed E-state index contributed by atoms with van der Waals surface area (Å²) in [5.41, 5.74) is -0.518. The number of piperidine rings is 1. The zero-order valence-corrected chi connectivity index (χ0v) is 12.3. The Morgan fingerprint density at radius 1 is 1.33 bits per heavy atom. The molecule has 7 heteroatoms. The van der Waals surface area contributed by atoms with E-state index >= 15 is 0 Å². The molecule has 21 heavy (non-hydrogen) atoms. The van der Waals surface area contributed by atoms with Crippen LogP contribution in [0, 0.1) is 11.2 Å². The number of hydrogen-bond acceptors (Lipinski definition) is 2. The monoisotopic (exact) mass is 314 g/mol. The van der Waals surface area contributed by atoms with Crippen LogP contribution < -0.4 is 5.32 Å². The van der Waals surface area contributed by atoms with E-state index < -0.39 is 17.2 Å². The molecule has 2 amide bonds. The van der Waals surface area contributed by atoms with Gasteiger partial charge in [-0.25, -0.2) is 9.18 Å². The van der Waals surface area contributed by atoms with Crippen LogP contribution >= 0.6 is 11.6 Å². The van der Waals surface area contributed by atoms with Gasteiger partial charge >= 0.3 is 12.0 Å². The van der Waals surface area contributed by atoms with Crippen LogP contribution in [0.2, 0.25) is 5.02 Å². The molecule has 0 spiro atoms. The van der Waals surface area contributed by atoms with Crippen molar-refractivity contribution < 1.29 is 19.1 Å². The molecular formula is C14H16ClFN2O3. The van der Waals surface area contributed by atoms with Crippen LogP contribution in [-0.4, -0.2) is 35.1 Å². The minimum Gasteiger partial charge on any atom is -0.481 e. The molecule has 114 valence electrons. The van der Waals surface area contributed by atoms with Gasteiger partial charge in [0.15, 0.2) is 0 Å². The molecule has 0 aromatic heterocycles. The molecule has 0 saturated carbocycles. The summed E-state index contributed by atoms with van der Waals surface area (Å²) in [5.74, 6) is -1.38. The highest BCUT2D eigenvalue weighted by Gasteiger charge is 2.38. The molecule has 5 nitrogen and oxygen atoms in total. The van der Waals surface area contributed by atoms with Crippen molar-refractivity contribution in [1.29, 1.82) is 0 Å². The lowest BCUT2D eigenvalue weighted by Gasteiger charge is -2.36. The predicted octanol–water partition coefficient (Wildman–Crippen LogP) is 3.20. The van der Waals surface area contributed by atoms with Gasteiger partial charge in [-0.3, -0.25) is 4.79 Å². The summed E-state index contributed by atoms with van der Waals surface area (Å²) in [6.07, 6.45) is 0.777. The summed E-state index contributed by atoms with van der Waals surface area (Å²) in [7, 11) is 0. The van der Waals surface area contributed by atoms with Crippen molar-refractivity contribution in [2.75, 3.05) is 18.4 Å². The number of nitrogens with zero attached hydrogens (tertiary/aromatic N) is 1. The largest absolute Gasteiger partial charge is 0.481 e. The Labute approximate surface area is 126 Å². The van der Waals surface area contributed by atoms with Crippen molar-refractivity contribution in [3.8, 4) is 0 Å². The molecule has 1 fully saturated rings. The summed E-state index contributed by atoms with van der Waals surface area (Å²) < 4.78 is 13.2. The number of amides is 2. The van der Waals surface area contributed by atoms with E-state index in [-0.39, 0.29) is 16.7 Å². The number of rotatable bonds is 2. The Morgan fingerprint density at radius 3 is 2.48 bits per heavy atom. The van der Waals surface area contributed by atoms with Gasteiger partial charge in [-0.15, -0.1) is 0 Å². The lowest BCUT2D eigenvalue weighted by molar-refractivity contribution is -0.150. The minimum atomic E-state index is -0.848. The van der Waals surface area contributed by atoms with Crippen molar-refractivity contribution in [3.05, 3.63) is 29.0 Å². The molecule has 1 saturated heterocycles. The van der Waals surface area contributed by atoms with Crippen molar-refractivity contribution in [2.24, 2.45) is 5.41 Å². The van der Waals surface area contributed by atoms with Gasteiger partial charge in [0, 0.05) is 23.8 Å². The zero-order valence-electron chi connectivity index (χ0n) is 11.5. The number of carboxylic acid groups (broad SMARTS) is 1. The molecule has 0 aliphatic carbocycles. The van der Waals surface area contributed by atoms with E-state index in [0.29, 0.717) is 25.9 Å². The van der Waals surface area contributed by atoms with E-state index in [1.807, 2.05) is 0 Å². The highest BCUT2D eigenvalue weighted by Crippen LogP contribution is 2.31. The number of aliphatic carboxylic acids is 1. The van der Waals surface area contributed by atoms with Crippen LogP contribution in [0.5, 0.6) is 0 Å². The van der Waals surface area contributed by atoms with Gasteiger partial charge in [0.2, 0.25) is 0 Å². The van der Waals surface area contributed by atoms with E-state index in [0.717, 1.165) is 6.07 Å². The van der Waals surface area contributed by atoms with Crippen molar-refractivity contribution in [3.63, 3.8) is 0 Å². The van der Waals surface area contributed by atoms with Crippen LogP contribution in [0.25, 0.3) is 0 Å². The average molecular weight is 315 g/mol. The van der Waals surface area contributed by atoms with E-state index in [9.17, 15) is 14.0 Å². The summed E-state index contributed by atoms with van der Waals surface area (Å²) in [6, 6.07) is 3.39. The quantitative estimate of drug-likeness (QED) is 0.880. The maximum atomic E-state index is 13.2. The number of carboxylic acids is 1. The molecule has 0 unspecified atom stereocenters. The Bertz CT molecular complexity index is 551. The highest BCUT2D eigenvalue weighted by atomic mass is 35.5. The molecule has 2 N–H and O–H groups in total. The Morgan fingerprint density at radius 2 is 1.95 bits per heavy atom. The molecular weight excluding hydrogens is 299 g/mol. The minimum absolute atomic E-state index is 0.197. The number of anilines is 1. The van der Waals surface area contributed by atoms with Gasteiger partial charge in [0.05, 0.1) is 5.41 Å². The first-order valence-electron chi connectivity index (χ1n) is 6.56. The van der Waals surface area contributed by atoms with Crippen molar-refractivity contribution in [1.82, 2.24) is 4.90 Å². The van der Waals surface area contributed by atoms with Gasteiger partial charge < -0.3 is 15.3 Å². The molecule has 1 aliphatic heterocycles. The molecule has 1 aromatic rings. The van der Waals surface area contributed by atoms with E-state index in [4.69, 9.17) is 16.7 Å². The van der Waals surface area contributed by atoms with Crippen LogP contribution in [0.3, 0.4) is 0 Å². The first kappa shape index (κ1) is 15.6. The number of likely N-dealkylation sites (tertiary alicyclic amines) is 1. The summed E-state index contributed by atoms with van der Waals surface area (Å²) >= 11 is 5.72. The van der Waals surface area contributed by atoms with Gasteiger partial charge in [-0.2, -0.15) is 0 Å². The maximum absolute atomic E-state index is 13.2. The second-order valence-electron chi connectivity index (χ2n) is 5.44. The molecule has 1 heterocycles. The zero-order chi connectivity index (χ0) is 15.6.